The van der Waals surface area contributed by atoms with Crippen molar-refractivity contribution in [1.29, 1.82) is 0 Å². The van der Waals surface area contributed by atoms with Gasteiger partial charge in [-0.05, 0) is 31.8 Å². The van der Waals surface area contributed by atoms with E-state index in [1.54, 1.807) is 0 Å². The lowest BCUT2D eigenvalue weighted by Crippen LogP contribution is -2.30. The van der Waals surface area contributed by atoms with E-state index < -0.39 is 5.97 Å². The standard InChI is InChI=1S/C10H14N2O3/c13-10(14)8-6-15-9(12-8)4-7-2-1-3-11-5-7/h6-7,11H,1-5H2,(H,13,14). The summed E-state index contributed by atoms with van der Waals surface area (Å²) in [5.74, 6) is 0.00640. The van der Waals surface area contributed by atoms with E-state index >= 15 is 0 Å². The van der Waals surface area contributed by atoms with Crippen molar-refractivity contribution in [3.8, 4) is 0 Å². The third-order valence-electron chi connectivity index (χ3n) is 2.63. The first kappa shape index (κ1) is 10.2. The number of carboxylic acid groups (broad SMARTS) is 1. The summed E-state index contributed by atoms with van der Waals surface area (Å²) in [6, 6.07) is 0. The molecular formula is C10H14N2O3. The molecule has 5 heteroatoms. The second kappa shape index (κ2) is 4.44. The van der Waals surface area contributed by atoms with Gasteiger partial charge in [-0.3, -0.25) is 0 Å². The van der Waals surface area contributed by atoms with Gasteiger partial charge in [0.05, 0.1) is 0 Å². The number of aromatic nitrogens is 1. The molecule has 82 valence electrons. The molecule has 0 saturated carbocycles. The van der Waals surface area contributed by atoms with Crippen LogP contribution in [-0.4, -0.2) is 29.1 Å². The number of carbonyl (C=O) groups is 1. The molecule has 1 saturated heterocycles. The molecule has 2 heterocycles. The van der Waals surface area contributed by atoms with Crippen LogP contribution in [0.25, 0.3) is 0 Å². The number of carboxylic acids is 1. The van der Waals surface area contributed by atoms with E-state index in [9.17, 15) is 4.79 Å². The summed E-state index contributed by atoms with van der Waals surface area (Å²) in [5, 5.41) is 12.0. The Labute approximate surface area is 87.5 Å². The zero-order chi connectivity index (χ0) is 10.7. The highest BCUT2D eigenvalue weighted by Crippen LogP contribution is 2.16. The van der Waals surface area contributed by atoms with Crippen LogP contribution in [0.4, 0.5) is 0 Å². The van der Waals surface area contributed by atoms with Gasteiger partial charge in [0.25, 0.3) is 0 Å². The van der Waals surface area contributed by atoms with Gasteiger partial charge < -0.3 is 14.8 Å². The van der Waals surface area contributed by atoms with Crippen molar-refractivity contribution < 1.29 is 14.3 Å². The summed E-state index contributed by atoms with van der Waals surface area (Å²) < 4.78 is 5.11. The normalized spacial score (nSPS) is 21.5. The van der Waals surface area contributed by atoms with Gasteiger partial charge in [0.1, 0.15) is 6.26 Å². The Morgan fingerprint density at radius 3 is 3.20 bits per heavy atom. The Balaban J connectivity index is 1.94. The largest absolute Gasteiger partial charge is 0.476 e. The van der Waals surface area contributed by atoms with Crippen molar-refractivity contribution >= 4 is 5.97 Å². The average Bonchev–Trinajstić information content (AvgIpc) is 2.68. The summed E-state index contributed by atoms with van der Waals surface area (Å²) in [5.41, 5.74) is -0.00577. The lowest BCUT2D eigenvalue weighted by Gasteiger charge is -2.20. The number of aromatic carboxylic acids is 1. The highest BCUT2D eigenvalue weighted by molar-refractivity contribution is 5.84. The molecule has 0 radical (unpaired) electrons. The summed E-state index contributed by atoms with van der Waals surface area (Å²) in [6.45, 7) is 2.03. The first-order valence-electron chi connectivity index (χ1n) is 5.14. The first-order chi connectivity index (χ1) is 7.25. The molecule has 1 aromatic rings. The lowest BCUT2D eigenvalue weighted by atomic mass is 9.96. The molecule has 1 aliphatic heterocycles. The molecule has 1 aliphatic rings. The van der Waals surface area contributed by atoms with Crippen molar-refractivity contribution in [3.05, 3.63) is 17.8 Å². The maximum absolute atomic E-state index is 10.6. The van der Waals surface area contributed by atoms with E-state index in [0.29, 0.717) is 11.8 Å². The van der Waals surface area contributed by atoms with Crippen LogP contribution in [0, 0.1) is 5.92 Å². The molecule has 5 nitrogen and oxygen atoms in total. The smallest absolute Gasteiger partial charge is 0.357 e. The maximum atomic E-state index is 10.6. The fraction of sp³-hybridized carbons (Fsp3) is 0.600. The highest BCUT2D eigenvalue weighted by atomic mass is 16.4. The monoisotopic (exact) mass is 210 g/mol. The highest BCUT2D eigenvalue weighted by Gasteiger charge is 2.17. The van der Waals surface area contributed by atoms with Crippen LogP contribution in [0.1, 0.15) is 29.2 Å². The van der Waals surface area contributed by atoms with Crippen LogP contribution in [0.2, 0.25) is 0 Å². The number of hydrogen-bond acceptors (Lipinski definition) is 4. The van der Waals surface area contributed by atoms with E-state index in [1.165, 1.54) is 6.26 Å². The van der Waals surface area contributed by atoms with Crippen LogP contribution >= 0.6 is 0 Å². The minimum atomic E-state index is -1.04. The van der Waals surface area contributed by atoms with Crippen LogP contribution in [-0.2, 0) is 6.42 Å². The van der Waals surface area contributed by atoms with E-state index in [0.717, 1.165) is 32.4 Å². The first-order valence-corrected chi connectivity index (χ1v) is 5.14. The lowest BCUT2D eigenvalue weighted by molar-refractivity contribution is 0.0690. The van der Waals surface area contributed by atoms with Crippen LogP contribution < -0.4 is 5.32 Å². The number of rotatable bonds is 3. The minimum Gasteiger partial charge on any atom is -0.476 e. The fourth-order valence-electron chi connectivity index (χ4n) is 1.85. The van der Waals surface area contributed by atoms with Gasteiger partial charge in [0.15, 0.2) is 11.6 Å². The van der Waals surface area contributed by atoms with Gasteiger partial charge in [0, 0.05) is 6.42 Å². The van der Waals surface area contributed by atoms with Crippen molar-refractivity contribution in [2.75, 3.05) is 13.1 Å². The fourth-order valence-corrected chi connectivity index (χ4v) is 1.85. The zero-order valence-electron chi connectivity index (χ0n) is 8.40. The van der Waals surface area contributed by atoms with Gasteiger partial charge in [-0.1, -0.05) is 0 Å². The Morgan fingerprint density at radius 1 is 1.73 bits per heavy atom. The number of nitrogens with one attached hydrogen (secondary N) is 1. The van der Waals surface area contributed by atoms with Crippen LogP contribution in [0.15, 0.2) is 10.7 Å². The summed E-state index contributed by atoms with van der Waals surface area (Å²) in [6.07, 6.45) is 4.24. The molecule has 1 atom stereocenters. The van der Waals surface area contributed by atoms with Crippen LogP contribution in [0.5, 0.6) is 0 Å². The van der Waals surface area contributed by atoms with Crippen LogP contribution in [0.3, 0.4) is 0 Å². The van der Waals surface area contributed by atoms with Crippen molar-refractivity contribution in [3.63, 3.8) is 0 Å². The molecule has 2 N–H and O–H groups in total. The third-order valence-corrected chi connectivity index (χ3v) is 2.63. The Bertz CT molecular complexity index is 342. The predicted molar refractivity (Wildman–Crippen MR) is 52.8 cm³/mol. The molecule has 2 rings (SSSR count). The van der Waals surface area contributed by atoms with Gasteiger partial charge in [-0.25, -0.2) is 9.78 Å². The zero-order valence-corrected chi connectivity index (χ0v) is 8.40. The van der Waals surface area contributed by atoms with E-state index in [2.05, 4.69) is 10.3 Å². The van der Waals surface area contributed by atoms with E-state index in [4.69, 9.17) is 9.52 Å². The predicted octanol–water partition coefficient (Wildman–Crippen LogP) is 0.915. The molecule has 0 amide bonds. The summed E-state index contributed by atoms with van der Waals surface area (Å²) in [7, 11) is 0. The van der Waals surface area contributed by atoms with Crippen molar-refractivity contribution in [2.24, 2.45) is 5.92 Å². The molecule has 15 heavy (non-hydrogen) atoms. The third kappa shape index (κ3) is 2.56. The number of piperidine rings is 1. The topological polar surface area (TPSA) is 75.4 Å². The molecule has 0 aromatic carbocycles. The molecule has 1 unspecified atom stereocenters. The molecular weight excluding hydrogens is 196 g/mol. The SMILES string of the molecule is O=C(O)c1coc(CC2CCCNC2)n1. The number of nitrogens with zero attached hydrogens (tertiary/aromatic N) is 1. The maximum Gasteiger partial charge on any atom is 0.357 e. The van der Waals surface area contributed by atoms with Crippen molar-refractivity contribution in [1.82, 2.24) is 10.3 Å². The van der Waals surface area contributed by atoms with E-state index in [1.807, 2.05) is 0 Å². The molecule has 0 spiro atoms. The van der Waals surface area contributed by atoms with Gasteiger partial charge >= 0.3 is 5.97 Å². The Kier molecular flexibility index (Phi) is 3.01. The minimum absolute atomic E-state index is 0.00577. The van der Waals surface area contributed by atoms with Crippen molar-refractivity contribution in [2.45, 2.75) is 19.3 Å². The van der Waals surface area contributed by atoms with Gasteiger partial charge in [0.2, 0.25) is 0 Å². The number of hydrogen-bond donors (Lipinski definition) is 2. The number of oxazole rings is 1. The second-order valence-electron chi connectivity index (χ2n) is 3.85. The second-order valence-corrected chi connectivity index (χ2v) is 3.85. The Morgan fingerprint density at radius 2 is 2.60 bits per heavy atom. The molecule has 0 bridgehead atoms. The Hall–Kier alpha value is -1.36. The molecule has 0 aliphatic carbocycles. The van der Waals surface area contributed by atoms with Gasteiger partial charge in [-0.2, -0.15) is 0 Å². The summed E-state index contributed by atoms with van der Waals surface area (Å²) in [4.78, 5) is 14.5. The molecule has 1 aromatic heterocycles. The quantitative estimate of drug-likeness (QED) is 0.775. The summed E-state index contributed by atoms with van der Waals surface area (Å²) >= 11 is 0. The average molecular weight is 210 g/mol. The van der Waals surface area contributed by atoms with Gasteiger partial charge in [-0.15, -0.1) is 0 Å². The molecule has 1 fully saturated rings. The van der Waals surface area contributed by atoms with E-state index in [-0.39, 0.29) is 5.69 Å².